The number of hydrogen-bond acceptors (Lipinski definition) is 6. The largest absolute Gasteiger partial charge is 0.461 e. The van der Waals surface area contributed by atoms with Crippen molar-refractivity contribution in [2.24, 2.45) is 0 Å². The van der Waals surface area contributed by atoms with E-state index in [1.54, 1.807) is 22.5 Å². The molecule has 0 amide bonds. The van der Waals surface area contributed by atoms with Crippen molar-refractivity contribution in [1.82, 2.24) is 19.6 Å². The van der Waals surface area contributed by atoms with E-state index in [1.165, 1.54) is 0 Å². The second kappa shape index (κ2) is 5.44. The molecular formula is C16H13N5OS. The summed E-state index contributed by atoms with van der Waals surface area (Å²) in [7, 11) is 0. The summed E-state index contributed by atoms with van der Waals surface area (Å²) in [5.74, 6) is 1.69. The lowest BCUT2D eigenvalue weighted by molar-refractivity contribution is 0.577. The average molecular weight is 323 g/mol. The molecule has 0 unspecified atom stereocenters. The molecular weight excluding hydrogens is 310 g/mol. The summed E-state index contributed by atoms with van der Waals surface area (Å²) >= 11 is 1.58. The first kappa shape index (κ1) is 13.8. The minimum absolute atomic E-state index is 0.521. The summed E-state index contributed by atoms with van der Waals surface area (Å²) in [4.78, 5) is 9.95. The zero-order chi connectivity index (χ0) is 15.8. The fourth-order valence-electron chi connectivity index (χ4n) is 2.19. The molecule has 0 saturated heterocycles. The molecule has 3 aromatic heterocycles. The molecule has 4 aromatic rings. The van der Waals surface area contributed by atoms with Gasteiger partial charge in [-0.1, -0.05) is 11.8 Å². The van der Waals surface area contributed by atoms with Gasteiger partial charge in [0.15, 0.2) is 5.76 Å². The quantitative estimate of drug-likeness (QED) is 0.459. The van der Waals surface area contributed by atoms with Crippen LogP contribution in [-0.2, 0) is 0 Å². The van der Waals surface area contributed by atoms with Crippen molar-refractivity contribution in [1.29, 1.82) is 0 Å². The minimum atomic E-state index is 0.521. The molecule has 7 heteroatoms. The number of nitrogen functional groups attached to an aromatic ring is 1. The number of furan rings is 1. The monoisotopic (exact) mass is 323 g/mol. The number of aryl methyl sites for hydroxylation is 1. The number of rotatable bonds is 3. The van der Waals surface area contributed by atoms with Gasteiger partial charge in [-0.3, -0.25) is 0 Å². The third kappa shape index (κ3) is 2.66. The second-order valence-electron chi connectivity index (χ2n) is 5.03. The van der Waals surface area contributed by atoms with Crippen LogP contribution in [0.15, 0.2) is 63.1 Å². The maximum Gasteiger partial charge on any atom is 0.254 e. The van der Waals surface area contributed by atoms with Gasteiger partial charge in [0.05, 0.1) is 6.26 Å². The fraction of sp³-hybridized carbons (Fsp3) is 0.0625. The van der Waals surface area contributed by atoms with Crippen LogP contribution in [0, 0.1) is 6.92 Å². The van der Waals surface area contributed by atoms with Gasteiger partial charge in [-0.2, -0.15) is 9.50 Å². The van der Waals surface area contributed by atoms with Gasteiger partial charge in [0.25, 0.3) is 5.78 Å². The molecule has 0 fully saturated rings. The van der Waals surface area contributed by atoms with Gasteiger partial charge < -0.3 is 10.2 Å². The number of aromatic nitrogens is 4. The van der Waals surface area contributed by atoms with Gasteiger partial charge >= 0.3 is 0 Å². The number of nitrogens with zero attached hydrogens (tertiary/aromatic N) is 4. The molecule has 0 aliphatic rings. The van der Waals surface area contributed by atoms with E-state index in [-0.39, 0.29) is 0 Å². The van der Waals surface area contributed by atoms with Crippen molar-refractivity contribution < 1.29 is 4.42 Å². The lowest BCUT2D eigenvalue weighted by Gasteiger charge is -2.05. The summed E-state index contributed by atoms with van der Waals surface area (Å²) in [6, 6.07) is 13.3. The van der Waals surface area contributed by atoms with Crippen LogP contribution in [0.5, 0.6) is 0 Å². The molecule has 0 bridgehead atoms. The van der Waals surface area contributed by atoms with E-state index in [1.807, 2.05) is 49.4 Å². The second-order valence-corrected chi connectivity index (χ2v) is 6.13. The molecule has 3 heterocycles. The lowest BCUT2D eigenvalue weighted by Crippen LogP contribution is -1.97. The molecule has 114 valence electrons. The first-order chi connectivity index (χ1) is 11.2. The van der Waals surface area contributed by atoms with E-state index in [4.69, 9.17) is 10.2 Å². The van der Waals surface area contributed by atoms with Crippen molar-refractivity contribution >= 4 is 23.2 Å². The third-order valence-electron chi connectivity index (χ3n) is 3.25. The van der Waals surface area contributed by atoms with Gasteiger partial charge in [-0.05, 0) is 49.4 Å². The van der Waals surface area contributed by atoms with Gasteiger partial charge in [0.2, 0.25) is 5.82 Å². The standard InChI is InChI=1S/C16H13N5OS/c1-10-9-14(23-12-6-4-11(17)5-7-12)21-16(18-10)19-15(20-21)13-3-2-8-22-13/h2-9H,17H2,1H3. The van der Waals surface area contributed by atoms with Gasteiger partial charge in [0, 0.05) is 16.3 Å². The number of nitrogens with two attached hydrogens (primary N) is 1. The van der Waals surface area contributed by atoms with Gasteiger partial charge in [-0.25, -0.2) is 4.98 Å². The first-order valence-electron chi connectivity index (χ1n) is 7.01. The predicted octanol–water partition coefficient (Wildman–Crippen LogP) is 3.43. The highest BCUT2D eigenvalue weighted by Gasteiger charge is 2.13. The first-order valence-corrected chi connectivity index (χ1v) is 7.82. The summed E-state index contributed by atoms with van der Waals surface area (Å²) in [6.45, 7) is 1.94. The topological polar surface area (TPSA) is 82.2 Å². The van der Waals surface area contributed by atoms with Crippen molar-refractivity contribution in [3.05, 3.63) is 54.4 Å². The van der Waals surface area contributed by atoms with Crippen LogP contribution in [-0.4, -0.2) is 19.6 Å². The molecule has 0 spiro atoms. The van der Waals surface area contributed by atoms with Crippen molar-refractivity contribution in [3.63, 3.8) is 0 Å². The minimum Gasteiger partial charge on any atom is -0.461 e. The highest BCUT2D eigenvalue weighted by atomic mass is 32.2. The van der Waals surface area contributed by atoms with Crippen LogP contribution >= 0.6 is 11.8 Å². The van der Waals surface area contributed by atoms with E-state index in [0.29, 0.717) is 17.4 Å². The smallest absolute Gasteiger partial charge is 0.254 e. The Morgan fingerprint density at radius 1 is 1.13 bits per heavy atom. The third-order valence-corrected chi connectivity index (χ3v) is 4.26. The normalized spacial score (nSPS) is 11.2. The molecule has 1 aromatic carbocycles. The maximum atomic E-state index is 5.74. The Morgan fingerprint density at radius 3 is 2.70 bits per heavy atom. The molecule has 0 radical (unpaired) electrons. The Balaban J connectivity index is 1.80. The Morgan fingerprint density at radius 2 is 1.96 bits per heavy atom. The molecule has 23 heavy (non-hydrogen) atoms. The van der Waals surface area contributed by atoms with Crippen LogP contribution in [0.4, 0.5) is 5.69 Å². The van der Waals surface area contributed by atoms with Crippen molar-refractivity contribution in [2.45, 2.75) is 16.8 Å². The maximum absolute atomic E-state index is 5.74. The lowest BCUT2D eigenvalue weighted by atomic mass is 10.3. The summed E-state index contributed by atoms with van der Waals surface area (Å²) in [6.07, 6.45) is 1.60. The Labute approximate surface area is 136 Å². The summed E-state index contributed by atoms with van der Waals surface area (Å²) < 4.78 is 7.09. The summed E-state index contributed by atoms with van der Waals surface area (Å²) in [5, 5.41) is 5.45. The SMILES string of the molecule is Cc1cc(Sc2ccc(N)cc2)n2nc(-c3ccco3)nc2n1. The molecule has 0 atom stereocenters. The number of benzene rings is 1. The van der Waals surface area contributed by atoms with Crippen LogP contribution in [0.1, 0.15) is 5.69 Å². The van der Waals surface area contributed by atoms with Crippen LogP contribution in [0.3, 0.4) is 0 Å². The highest BCUT2D eigenvalue weighted by molar-refractivity contribution is 7.99. The van der Waals surface area contributed by atoms with Crippen LogP contribution in [0.2, 0.25) is 0 Å². The zero-order valence-corrected chi connectivity index (χ0v) is 13.1. The van der Waals surface area contributed by atoms with Crippen LogP contribution < -0.4 is 5.73 Å². The molecule has 0 saturated carbocycles. The van der Waals surface area contributed by atoms with E-state index in [9.17, 15) is 0 Å². The zero-order valence-electron chi connectivity index (χ0n) is 12.3. The Kier molecular flexibility index (Phi) is 3.27. The summed E-state index contributed by atoms with van der Waals surface area (Å²) in [5.41, 5.74) is 7.36. The van der Waals surface area contributed by atoms with E-state index >= 15 is 0 Å². The van der Waals surface area contributed by atoms with Gasteiger partial charge in [-0.15, -0.1) is 5.10 Å². The molecule has 0 aliphatic carbocycles. The number of hydrogen-bond donors (Lipinski definition) is 1. The van der Waals surface area contributed by atoms with Crippen molar-refractivity contribution in [3.8, 4) is 11.6 Å². The molecule has 6 nitrogen and oxygen atoms in total. The predicted molar refractivity (Wildman–Crippen MR) is 88.2 cm³/mol. The number of fused-ring (bicyclic) bond motifs is 1. The Bertz CT molecular complexity index is 960. The fourth-order valence-corrected chi connectivity index (χ4v) is 3.15. The van der Waals surface area contributed by atoms with E-state index < -0.39 is 0 Å². The van der Waals surface area contributed by atoms with Crippen molar-refractivity contribution in [2.75, 3.05) is 5.73 Å². The average Bonchev–Trinajstić information content (AvgIpc) is 3.18. The van der Waals surface area contributed by atoms with E-state index in [2.05, 4.69) is 15.1 Å². The van der Waals surface area contributed by atoms with Crippen LogP contribution in [0.25, 0.3) is 17.4 Å². The van der Waals surface area contributed by atoms with Gasteiger partial charge in [0.1, 0.15) is 5.03 Å². The Hall–Kier alpha value is -2.80. The number of anilines is 1. The molecule has 0 aliphatic heterocycles. The highest BCUT2D eigenvalue weighted by Crippen LogP contribution is 2.29. The molecule has 4 rings (SSSR count). The molecule has 2 N–H and O–H groups in total. The van der Waals surface area contributed by atoms with E-state index in [0.717, 1.165) is 21.3 Å².